The Morgan fingerprint density at radius 2 is 2.09 bits per heavy atom. The molecule has 0 aliphatic carbocycles. The Balaban J connectivity index is 2.13. The molecule has 2 fully saturated rings. The average Bonchev–Trinajstić information content (AvgIpc) is 2.86. The third-order valence-corrected chi connectivity index (χ3v) is 4.81. The maximum absolute atomic E-state index is 12.5. The van der Waals surface area contributed by atoms with Gasteiger partial charge in [-0.2, -0.15) is 5.26 Å². The molecule has 2 heterocycles. The molecule has 1 radical (unpaired) electrons. The van der Waals surface area contributed by atoms with Crippen molar-refractivity contribution in [2.45, 2.75) is 52.5 Å². The van der Waals surface area contributed by atoms with Gasteiger partial charge >= 0.3 is 0 Å². The van der Waals surface area contributed by atoms with E-state index in [0.717, 1.165) is 38.9 Å². The van der Waals surface area contributed by atoms with Crippen LogP contribution in [0.3, 0.4) is 0 Å². The lowest BCUT2D eigenvalue weighted by Gasteiger charge is -2.34. The van der Waals surface area contributed by atoms with Crippen molar-refractivity contribution >= 4 is 5.91 Å². The van der Waals surface area contributed by atoms with Crippen LogP contribution in [0.5, 0.6) is 0 Å². The van der Waals surface area contributed by atoms with E-state index in [9.17, 15) is 10.1 Å². The van der Waals surface area contributed by atoms with E-state index in [2.05, 4.69) is 45.1 Å². The molecule has 0 spiro atoms. The first kappa shape index (κ1) is 17.0. The van der Waals surface area contributed by atoms with Gasteiger partial charge in [-0.3, -0.25) is 9.69 Å². The van der Waals surface area contributed by atoms with Gasteiger partial charge in [0, 0.05) is 25.2 Å². The Morgan fingerprint density at radius 3 is 2.59 bits per heavy atom. The third kappa shape index (κ3) is 3.89. The number of hydrogen-bond acceptors (Lipinski definition) is 3. The second kappa shape index (κ2) is 6.42. The maximum Gasteiger partial charge on any atom is 0.264 e. The molecule has 121 valence electrons. The molecule has 0 atom stereocenters. The van der Waals surface area contributed by atoms with E-state index in [1.807, 2.05) is 6.08 Å². The zero-order valence-electron chi connectivity index (χ0n) is 14.4. The van der Waals surface area contributed by atoms with Gasteiger partial charge in [0.15, 0.2) is 0 Å². The Labute approximate surface area is 134 Å². The topological polar surface area (TPSA) is 47.3 Å². The number of likely N-dealkylation sites (tertiary alicyclic amines) is 2. The number of hydrogen-bond donors (Lipinski definition) is 0. The lowest BCUT2D eigenvalue weighted by atomic mass is 9.92. The first-order valence-electron chi connectivity index (χ1n) is 8.24. The molecule has 0 aromatic heterocycles. The van der Waals surface area contributed by atoms with Crippen LogP contribution in [0.15, 0.2) is 11.6 Å². The molecule has 2 aliphatic heterocycles. The van der Waals surface area contributed by atoms with Crippen molar-refractivity contribution in [2.75, 3.05) is 26.2 Å². The smallest absolute Gasteiger partial charge is 0.264 e. The fraction of sp³-hybridized carbons (Fsp3) is 0.722. The van der Waals surface area contributed by atoms with Crippen LogP contribution < -0.4 is 0 Å². The standard InChI is InChI=1S/C18H28N3O/c1-17(2)8-11-21(14-17)18(3,4)12-15(13-19)16(22)20-9-6-5-7-10-20/h6,12H,5,7-11,14H2,1-4H3. The van der Waals surface area contributed by atoms with Gasteiger partial charge in [-0.1, -0.05) is 13.8 Å². The van der Waals surface area contributed by atoms with Crippen LogP contribution in [0.1, 0.15) is 47.0 Å². The van der Waals surface area contributed by atoms with Crippen LogP contribution in [-0.4, -0.2) is 47.4 Å². The van der Waals surface area contributed by atoms with Gasteiger partial charge in [-0.05, 0) is 57.6 Å². The van der Waals surface area contributed by atoms with Crippen molar-refractivity contribution in [1.82, 2.24) is 9.80 Å². The van der Waals surface area contributed by atoms with Crippen LogP contribution in [-0.2, 0) is 4.79 Å². The van der Waals surface area contributed by atoms with Crippen molar-refractivity contribution < 1.29 is 4.79 Å². The Hall–Kier alpha value is -1.34. The highest BCUT2D eigenvalue weighted by molar-refractivity contribution is 5.97. The normalized spacial score (nSPS) is 23.4. The summed E-state index contributed by atoms with van der Waals surface area (Å²) in [4.78, 5) is 16.7. The van der Waals surface area contributed by atoms with Crippen LogP contribution >= 0.6 is 0 Å². The highest BCUT2D eigenvalue weighted by Crippen LogP contribution is 2.34. The van der Waals surface area contributed by atoms with Crippen LogP contribution in [0.4, 0.5) is 0 Å². The van der Waals surface area contributed by atoms with E-state index in [-0.39, 0.29) is 17.0 Å². The van der Waals surface area contributed by atoms with Gasteiger partial charge in [0.2, 0.25) is 0 Å². The van der Waals surface area contributed by atoms with Crippen molar-refractivity contribution in [3.8, 4) is 6.07 Å². The molecule has 2 aliphatic rings. The molecule has 0 aromatic carbocycles. The Kier molecular flexibility index (Phi) is 4.97. The van der Waals surface area contributed by atoms with Crippen molar-refractivity contribution in [3.05, 3.63) is 18.1 Å². The first-order chi connectivity index (χ1) is 10.2. The fourth-order valence-corrected chi connectivity index (χ4v) is 3.31. The summed E-state index contributed by atoms with van der Waals surface area (Å²) in [5.41, 5.74) is 0.322. The van der Waals surface area contributed by atoms with Crippen LogP contribution in [0.25, 0.3) is 0 Å². The maximum atomic E-state index is 12.5. The van der Waals surface area contributed by atoms with Crippen LogP contribution in [0, 0.1) is 23.2 Å². The van der Waals surface area contributed by atoms with Gasteiger partial charge < -0.3 is 4.90 Å². The van der Waals surface area contributed by atoms with Gasteiger partial charge in [-0.25, -0.2) is 0 Å². The molecule has 0 aromatic rings. The molecule has 0 N–H and O–H groups in total. The summed E-state index contributed by atoms with van der Waals surface area (Å²) >= 11 is 0. The van der Waals surface area contributed by atoms with E-state index in [0.29, 0.717) is 12.0 Å². The second-order valence-corrected chi connectivity index (χ2v) is 7.84. The van der Waals surface area contributed by atoms with Crippen molar-refractivity contribution in [3.63, 3.8) is 0 Å². The van der Waals surface area contributed by atoms with E-state index in [1.54, 1.807) is 4.90 Å². The summed E-state index contributed by atoms with van der Waals surface area (Å²) in [5.74, 6) is -0.120. The highest BCUT2D eigenvalue weighted by Gasteiger charge is 2.37. The van der Waals surface area contributed by atoms with Crippen LogP contribution in [0.2, 0.25) is 0 Å². The highest BCUT2D eigenvalue weighted by atomic mass is 16.2. The third-order valence-electron chi connectivity index (χ3n) is 4.81. The summed E-state index contributed by atoms with van der Waals surface area (Å²) in [5, 5.41) is 9.44. The lowest BCUT2D eigenvalue weighted by molar-refractivity contribution is -0.127. The lowest BCUT2D eigenvalue weighted by Crippen LogP contribution is -2.43. The van der Waals surface area contributed by atoms with E-state index in [4.69, 9.17) is 0 Å². The van der Waals surface area contributed by atoms with Crippen molar-refractivity contribution in [2.24, 2.45) is 5.41 Å². The molecule has 1 amide bonds. The Morgan fingerprint density at radius 1 is 1.36 bits per heavy atom. The molecule has 4 heteroatoms. The SMILES string of the molecule is CC1(C)CCN(C(C)(C)C=C(C#N)C(=O)N2C[CH]CCC2)C1. The number of amides is 1. The summed E-state index contributed by atoms with van der Waals surface area (Å²) in [7, 11) is 0. The number of nitrogens with zero attached hydrogens (tertiary/aromatic N) is 3. The molecular weight excluding hydrogens is 274 g/mol. The summed E-state index contributed by atoms with van der Waals surface area (Å²) < 4.78 is 0. The molecule has 4 nitrogen and oxygen atoms in total. The number of piperidine rings is 1. The van der Waals surface area contributed by atoms with Gasteiger partial charge in [-0.15, -0.1) is 0 Å². The average molecular weight is 302 g/mol. The minimum Gasteiger partial charge on any atom is -0.338 e. The summed E-state index contributed by atoms with van der Waals surface area (Å²) in [6.07, 6.45) is 7.19. The quantitative estimate of drug-likeness (QED) is 0.595. The number of carbonyl (C=O) groups is 1. The van der Waals surface area contributed by atoms with Gasteiger partial charge in [0.25, 0.3) is 5.91 Å². The van der Waals surface area contributed by atoms with Gasteiger partial charge in [0.05, 0.1) is 0 Å². The fourth-order valence-electron chi connectivity index (χ4n) is 3.31. The van der Waals surface area contributed by atoms with E-state index >= 15 is 0 Å². The molecule has 0 bridgehead atoms. The number of rotatable bonds is 3. The largest absolute Gasteiger partial charge is 0.338 e. The molecular formula is C18H28N3O. The summed E-state index contributed by atoms with van der Waals surface area (Å²) in [6.45, 7) is 12.2. The predicted molar refractivity (Wildman–Crippen MR) is 87.9 cm³/mol. The van der Waals surface area contributed by atoms with Gasteiger partial charge in [0.1, 0.15) is 11.6 Å². The minimum absolute atomic E-state index is 0.120. The molecule has 0 unspecified atom stereocenters. The predicted octanol–water partition coefficient (Wildman–Crippen LogP) is 2.77. The minimum atomic E-state index is -0.270. The number of carbonyl (C=O) groups excluding carboxylic acids is 1. The van der Waals surface area contributed by atoms with Crippen molar-refractivity contribution in [1.29, 1.82) is 5.26 Å². The number of nitriles is 1. The molecule has 22 heavy (non-hydrogen) atoms. The van der Waals surface area contributed by atoms with E-state index in [1.165, 1.54) is 0 Å². The second-order valence-electron chi connectivity index (χ2n) is 7.84. The Bertz CT molecular complexity index is 493. The zero-order valence-corrected chi connectivity index (χ0v) is 14.4. The molecule has 0 saturated carbocycles. The monoisotopic (exact) mass is 302 g/mol. The molecule has 2 saturated heterocycles. The summed E-state index contributed by atoms with van der Waals surface area (Å²) in [6, 6.07) is 2.13. The van der Waals surface area contributed by atoms with E-state index < -0.39 is 0 Å². The first-order valence-corrected chi connectivity index (χ1v) is 8.24. The zero-order chi connectivity index (χ0) is 16.4. The molecule has 2 rings (SSSR count).